The van der Waals surface area contributed by atoms with Crippen LogP contribution in [0.2, 0.25) is 0 Å². The molecule has 136 valence electrons. The molecule has 1 saturated heterocycles. The highest BCUT2D eigenvalue weighted by molar-refractivity contribution is 5.93. The second-order valence-electron chi connectivity index (χ2n) is 7.58. The minimum atomic E-state index is -0.509. The van der Waals surface area contributed by atoms with Gasteiger partial charge < -0.3 is 9.80 Å². The zero-order valence-corrected chi connectivity index (χ0v) is 15.0. The lowest BCUT2D eigenvalue weighted by molar-refractivity contribution is -0.136. The maximum atomic E-state index is 13.0. The zero-order valence-electron chi connectivity index (χ0n) is 15.0. The lowest BCUT2D eigenvalue weighted by Gasteiger charge is -2.33. The second kappa shape index (κ2) is 7.14. The Hall–Kier alpha value is -1.92. The molecule has 1 unspecified atom stereocenters. The first kappa shape index (κ1) is 17.9. The number of benzene rings is 1. The highest BCUT2D eigenvalue weighted by Gasteiger charge is 2.47. The summed E-state index contributed by atoms with van der Waals surface area (Å²) in [6.07, 6.45) is 4.33. The van der Waals surface area contributed by atoms with E-state index in [1.54, 1.807) is 11.5 Å². The third-order valence-electron chi connectivity index (χ3n) is 5.61. The maximum Gasteiger partial charge on any atom is 0.274 e. The first-order valence-corrected chi connectivity index (χ1v) is 8.95. The molecule has 0 radical (unpaired) electrons. The van der Waals surface area contributed by atoms with Crippen LogP contribution in [0.25, 0.3) is 0 Å². The fourth-order valence-corrected chi connectivity index (χ4v) is 4.15. The molecule has 1 aromatic carbocycles. The summed E-state index contributed by atoms with van der Waals surface area (Å²) < 4.78 is 0. The van der Waals surface area contributed by atoms with Gasteiger partial charge in [0, 0.05) is 18.7 Å². The van der Waals surface area contributed by atoms with Crippen LogP contribution in [0, 0.1) is 5.41 Å². The van der Waals surface area contributed by atoms with Gasteiger partial charge in [0.2, 0.25) is 5.91 Å². The topological polar surface area (TPSA) is 72.9 Å². The van der Waals surface area contributed by atoms with Crippen molar-refractivity contribution < 1.29 is 14.8 Å². The van der Waals surface area contributed by atoms with E-state index in [0.717, 1.165) is 50.9 Å². The van der Waals surface area contributed by atoms with E-state index in [1.165, 1.54) is 5.56 Å². The molecule has 2 aliphatic rings. The van der Waals surface area contributed by atoms with Crippen molar-refractivity contribution in [2.45, 2.75) is 32.1 Å². The molecule has 1 spiro atoms. The van der Waals surface area contributed by atoms with Crippen LogP contribution in [0.15, 0.2) is 18.2 Å². The van der Waals surface area contributed by atoms with Gasteiger partial charge in [0.15, 0.2) is 0 Å². The highest BCUT2D eigenvalue weighted by atomic mass is 16.5. The summed E-state index contributed by atoms with van der Waals surface area (Å²) in [5.41, 5.74) is 4.08. The van der Waals surface area contributed by atoms with Crippen molar-refractivity contribution in [2.75, 3.05) is 33.7 Å². The third-order valence-corrected chi connectivity index (χ3v) is 5.61. The summed E-state index contributed by atoms with van der Waals surface area (Å²) in [7, 11) is 4.09. The number of carbonyl (C=O) groups is 2. The molecule has 1 aliphatic heterocycles. The first-order chi connectivity index (χ1) is 11.9. The molecule has 25 heavy (non-hydrogen) atoms. The van der Waals surface area contributed by atoms with Crippen LogP contribution in [0.4, 0.5) is 0 Å². The largest absolute Gasteiger partial charge is 0.342 e. The Morgan fingerprint density at radius 2 is 2.12 bits per heavy atom. The molecule has 1 fully saturated rings. The summed E-state index contributed by atoms with van der Waals surface area (Å²) in [5, 5.41) is 8.83. The molecule has 1 aromatic rings. The van der Waals surface area contributed by atoms with Crippen LogP contribution in [0.5, 0.6) is 0 Å². The summed E-state index contributed by atoms with van der Waals surface area (Å²) in [5.74, 6) is -0.237. The van der Waals surface area contributed by atoms with Crippen molar-refractivity contribution in [3.63, 3.8) is 0 Å². The second-order valence-corrected chi connectivity index (χ2v) is 7.58. The smallest absolute Gasteiger partial charge is 0.274 e. The van der Waals surface area contributed by atoms with E-state index in [9.17, 15) is 9.59 Å². The van der Waals surface area contributed by atoms with E-state index in [2.05, 4.69) is 4.90 Å². The lowest BCUT2D eigenvalue weighted by atomic mass is 9.70. The van der Waals surface area contributed by atoms with E-state index in [4.69, 9.17) is 5.21 Å². The summed E-state index contributed by atoms with van der Waals surface area (Å²) >= 11 is 0. The Bertz CT molecular complexity index is 674. The Morgan fingerprint density at radius 1 is 1.32 bits per heavy atom. The van der Waals surface area contributed by atoms with Crippen molar-refractivity contribution in [1.82, 2.24) is 15.3 Å². The Balaban J connectivity index is 1.73. The van der Waals surface area contributed by atoms with Gasteiger partial charge in [-0.1, -0.05) is 6.07 Å². The van der Waals surface area contributed by atoms with Crippen molar-refractivity contribution >= 4 is 11.8 Å². The van der Waals surface area contributed by atoms with Gasteiger partial charge in [-0.15, -0.1) is 0 Å². The van der Waals surface area contributed by atoms with Gasteiger partial charge in [0.05, 0.1) is 5.41 Å². The zero-order chi connectivity index (χ0) is 18.0. The van der Waals surface area contributed by atoms with Gasteiger partial charge >= 0.3 is 0 Å². The van der Waals surface area contributed by atoms with Crippen LogP contribution in [0.1, 0.15) is 40.7 Å². The molecule has 0 aromatic heterocycles. The maximum absolute atomic E-state index is 13.0. The van der Waals surface area contributed by atoms with Gasteiger partial charge in [0.1, 0.15) is 0 Å². The van der Waals surface area contributed by atoms with E-state index in [0.29, 0.717) is 12.0 Å². The third kappa shape index (κ3) is 3.55. The molecule has 6 nitrogen and oxygen atoms in total. The normalized spacial score (nSPS) is 22.6. The molecule has 1 heterocycles. The number of likely N-dealkylation sites (tertiary alicyclic amines) is 1. The molecule has 1 aliphatic carbocycles. The first-order valence-electron chi connectivity index (χ1n) is 8.95. The SMILES string of the molecule is CN(C)CCCN1CCC2(CCc3ccc(C(=O)NO)cc3C2)C1=O. The monoisotopic (exact) mass is 345 g/mol. The van der Waals surface area contributed by atoms with Crippen molar-refractivity contribution in [2.24, 2.45) is 5.41 Å². The van der Waals surface area contributed by atoms with Gasteiger partial charge in [-0.05, 0) is 76.0 Å². The van der Waals surface area contributed by atoms with Crippen LogP contribution in [0.3, 0.4) is 0 Å². The predicted octanol–water partition coefficient (Wildman–Crippen LogP) is 1.46. The van der Waals surface area contributed by atoms with Crippen LogP contribution >= 0.6 is 0 Å². The molecular formula is C19H27N3O3. The van der Waals surface area contributed by atoms with Crippen molar-refractivity contribution in [3.8, 4) is 0 Å². The predicted molar refractivity (Wildman–Crippen MR) is 94.5 cm³/mol. The van der Waals surface area contributed by atoms with E-state index >= 15 is 0 Å². The standard InChI is InChI=1S/C19H27N3O3/c1-21(2)9-3-10-22-11-8-19(18(22)24)7-6-14-4-5-15(17(23)20-25)12-16(14)13-19/h4-5,12,25H,3,6-11,13H2,1-2H3,(H,20,23). The molecule has 0 bridgehead atoms. The number of amides is 2. The fourth-order valence-electron chi connectivity index (χ4n) is 4.15. The van der Waals surface area contributed by atoms with Crippen LogP contribution in [-0.4, -0.2) is 60.6 Å². The van der Waals surface area contributed by atoms with E-state index in [1.807, 2.05) is 31.1 Å². The van der Waals surface area contributed by atoms with Gasteiger partial charge in [-0.25, -0.2) is 5.48 Å². The van der Waals surface area contributed by atoms with Crippen molar-refractivity contribution in [3.05, 3.63) is 34.9 Å². The van der Waals surface area contributed by atoms with Crippen LogP contribution < -0.4 is 5.48 Å². The number of nitrogens with one attached hydrogen (secondary N) is 1. The number of rotatable bonds is 5. The van der Waals surface area contributed by atoms with E-state index < -0.39 is 5.91 Å². The van der Waals surface area contributed by atoms with Gasteiger partial charge in [0.25, 0.3) is 5.91 Å². The number of carbonyl (C=O) groups excluding carboxylic acids is 2. The minimum absolute atomic E-state index is 0.272. The van der Waals surface area contributed by atoms with Gasteiger partial charge in [-0.2, -0.15) is 0 Å². The van der Waals surface area contributed by atoms with Crippen molar-refractivity contribution in [1.29, 1.82) is 0 Å². The number of hydrogen-bond donors (Lipinski definition) is 2. The summed E-state index contributed by atoms with van der Waals surface area (Å²) in [4.78, 5) is 28.8. The minimum Gasteiger partial charge on any atom is -0.342 e. The van der Waals surface area contributed by atoms with Crippen LogP contribution in [-0.2, 0) is 17.6 Å². The lowest BCUT2D eigenvalue weighted by Crippen LogP contribution is -2.39. The average molecular weight is 345 g/mol. The Morgan fingerprint density at radius 3 is 2.84 bits per heavy atom. The molecule has 2 amide bonds. The fraction of sp³-hybridized carbons (Fsp3) is 0.579. The molecule has 2 N–H and O–H groups in total. The number of nitrogens with zero attached hydrogens (tertiary/aromatic N) is 2. The summed E-state index contributed by atoms with van der Waals surface area (Å²) in [6.45, 7) is 2.64. The molecule has 3 rings (SSSR count). The summed E-state index contributed by atoms with van der Waals surface area (Å²) in [6, 6.07) is 5.50. The molecule has 6 heteroatoms. The van der Waals surface area contributed by atoms with E-state index in [-0.39, 0.29) is 11.3 Å². The number of aryl methyl sites for hydroxylation is 1. The quantitative estimate of drug-likeness (QED) is 0.626. The number of hydrogen-bond acceptors (Lipinski definition) is 4. The molecule has 0 saturated carbocycles. The molecular weight excluding hydrogens is 318 g/mol. The number of fused-ring (bicyclic) bond motifs is 1. The van der Waals surface area contributed by atoms with Gasteiger partial charge in [-0.3, -0.25) is 14.8 Å². The number of hydroxylamine groups is 1. The Kier molecular flexibility index (Phi) is 5.11. The highest BCUT2D eigenvalue weighted by Crippen LogP contribution is 2.43. The Labute approximate surface area is 148 Å². The molecule has 1 atom stereocenters. The average Bonchev–Trinajstić information content (AvgIpc) is 2.89.